The second kappa shape index (κ2) is 11.2. The Morgan fingerprint density at radius 3 is 2.57 bits per heavy atom. The molecule has 2 aromatic carbocycles. The quantitative estimate of drug-likeness (QED) is 0.502. The summed E-state index contributed by atoms with van der Waals surface area (Å²) in [5.41, 5.74) is 2.55. The number of benzene rings is 2. The van der Waals surface area contributed by atoms with E-state index in [2.05, 4.69) is 20.5 Å². The van der Waals surface area contributed by atoms with Gasteiger partial charge in [0.1, 0.15) is 0 Å². The van der Waals surface area contributed by atoms with Crippen molar-refractivity contribution in [3.63, 3.8) is 0 Å². The van der Waals surface area contributed by atoms with E-state index < -0.39 is 17.7 Å². The molecule has 184 valence electrons. The van der Waals surface area contributed by atoms with Crippen molar-refractivity contribution in [2.75, 3.05) is 45.8 Å². The molecule has 0 aliphatic carbocycles. The van der Waals surface area contributed by atoms with Gasteiger partial charge in [0, 0.05) is 44.3 Å². The number of aromatic nitrogens is 1. The van der Waals surface area contributed by atoms with E-state index in [-0.39, 0.29) is 12.0 Å². The predicted octanol–water partition coefficient (Wildman–Crippen LogP) is 4.27. The van der Waals surface area contributed by atoms with E-state index in [1.165, 1.54) is 13.2 Å². The van der Waals surface area contributed by atoms with Crippen LogP contribution in [0.2, 0.25) is 0 Å². The van der Waals surface area contributed by atoms with Gasteiger partial charge in [0.2, 0.25) is 5.88 Å². The van der Waals surface area contributed by atoms with Crippen molar-refractivity contribution in [1.29, 1.82) is 0 Å². The molecule has 1 aliphatic heterocycles. The summed E-state index contributed by atoms with van der Waals surface area (Å²) in [5.74, 6) is -1.59. The third kappa shape index (κ3) is 5.93. The number of amides is 2. The van der Waals surface area contributed by atoms with Gasteiger partial charge in [-0.05, 0) is 23.8 Å². The van der Waals surface area contributed by atoms with Crippen LogP contribution in [0.3, 0.4) is 0 Å². The molecule has 2 amide bonds. The molecule has 0 radical (unpaired) electrons. The zero-order valence-corrected chi connectivity index (χ0v) is 19.6. The lowest BCUT2D eigenvalue weighted by Gasteiger charge is -2.21. The number of hydrogen-bond acceptors (Lipinski definition) is 5. The number of nitrogens with zero attached hydrogens (tertiary/aromatic N) is 2. The summed E-state index contributed by atoms with van der Waals surface area (Å²) in [6.07, 6.45) is 0. The molecule has 0 unspecified atom stereocenters. The van der Waals surface area contributed by atoms with Crippen LogP contribution in [0.1, 0.15) is 11.5 Å². The maximum absolute atomic E-state index is 14.0. The summed E-state index contributed by atoms with van der Waals surface area (Å²) in [6, 6.07) is 16.0. The fourth-order valence-electron chi connectivity index (χ4n) is 4.31. The monoisotopic (exact) mass is 482 g/mol. The van der Waals surface area contributed by atoms with Crippen molar-refractivity contribution in [3.05, 3.63) is 77.9 Å². The first-order chi connectivity index (χ1) is 17.0. The topological polar surface area (TPSA) is 75.7 Å². The Morgan fingerprint density at radius 1 is 1.06 bits per heavy atom. The number of anilines is 1. The van der Waals surface area contributed by atoms with Gasteiger partial charge < -0.3 is 20.1 Å². The Kier molecular flexibility index (Phi) is 7.89. The highest BCUT2D eigenvalue weighted by Crippen LogP contribution is 2.30. The number of pyridine rings is 1. The first-order valence-corrected chi connectivity index (χ1v) is 11.3. The van der Waals surface area contributed by atoms with Crippen LogP contribution in [0.25, 0.3) is 11.3 Å². The SMILES string of the molecule is COCCN1C[C@@H](NC(=O)Nc2ccc(OC)nc2-c2ccccc2)[C@H](c2ccc(F)c(F)c2)C1. The van der Waals surface area contributed by atoms with E-state index in [4.69, 9.17) is 9.47 Å². The fourth-order valence-corrected chi connectivity index (χ4v) is 4.31. The molecule has 0 bridgehead atoms. The second-order valence-corrected chi connectivity index (χ2v) is 8.35. The number of methoxy groups -OCH3 is 2. The number of hydrogen-bond donors (Lipinski definition) is 2. The van der Waals surface area contributed by atoms with E-state index in [1.54, 1.807) is 25.3 Å². The molecule has 2 N–H and O–H groups in total. The number of halogens is 2. The smallest absolute Gasteiger partial charge is 0.319 e. The predicted molar refractivity (Wildman–Crippen MR) is 130 cm³/mol. The molecule has 2 atom stereocenters. The standard InChI is InChI=1S/C26H28F2N4O3/c1-34-13-12-32-15-19(18-8-9-20(27)21(28)14-18)23(16-32)30-26(33)29-22-10-11-24(35-2)31-25(22)17-6-4-3-5-7-17/h3-11,14,19,23H,12-13,15-16H2,1-2H3,(H2,29,30,33)/t19-,23+/m0/s1. The Labute approximate surface area is 203 Å². The number of carbonyl (C=O) groups is 1. The highest BCUT2D eigenvalue weighted by Gasteiger charge is 2.35. The molecule has 1 fully saturated rings. The number of likely N-dealkylation sites (tertiary alicyclic amines) is 1. The van der Waals surface area contributed by atoms with E-state index in [9.17, 15) is 13.6 Å². The Balaban J connectivity index is 1.54. The Morgan fingerprint density at radius 2 is 1.86 bits per heavy atom. The van der Waals surface area contributed by atoms with Crippen molar-refractivity contribution >= 4 is 11.7 Å². The molecule has 1 saturated heterocycles. The zero-order valence-electron chi connectivity index (χ0n) is 19.6. The number of urea groups is 1. The van der Waals surface area contributed by atoms with Crippen LogP contribution in [0.15, 0.2) is 60.7 Å². The maximum Gasteiger partial charge on any atom is 0.319 e. The van der Waals surface area contributed by atoms with Gasteiger partial charge in [0.15, 0.2) is 11.6 Å². The van der Waals surface area contributed by atoms with E-state index in [0.717, 1.165) is 11.6 Å². The summed E-state index contributed by atoms with van der Waals surface area (Å²) < 4.78 is 37.9. The van der Waals surface area contributed by atoms with Gasteiger partial charge in [0.05, 0.1) is 31.1 Å². The van der Waals surface area contributed by atoms with E-state index >= 15 is 0 Å². The van der Waals surface area contributed by atoms with E-state index in [0.29, 0.717) is 49.1 Å². The summed E-state index contributed by atoms with van der Waals surface area (Å²) in [4.78, 5) is 19.7. The lowest BCUT2D eigenvalue weighted by Crippen LogP contribution is -2.42. The number of rotatable bonds is 8. The average molecular weight is 483 g/mol. The average Bonchev–Trinajstić information content (AvgIpc) is 3.27. The highest BCUT2D eigenvalue weighted by molar-refractivity contribution is 5.93. The largest absolute Gasteiger partial charge is 0.481 e. The van der Waals surface area contributed by atoms with Crippen LogP contribution in [0.4, 0.5) is 19.3 Å². The molecule has 9 heteroatoms. The Hall–Kier alpha value is -3.56. The fraction of sp³-hybridized carbons (Fsp3) is 0.308. The lowest BCUT2D eigenvalue weighted by atomic mass is 9.94. The lowest BCUT2D eigenvalue weighted by molar-refractivity contribution is 0.159. The van der Waals surface area contributed by atoms with Gasteiger partial charge in [-0.2, -0.15) is 0 Å². The van der Waals surface area contributed by atoms with Crippen LogP contribution in [-0.2, 0) is 4.74 Å². The third-order valence-electron chi connectivity index (χ3n) is 6.07. The summed E-state index contributed by atoms with van der Waals surface area (Å²) in [6.45, 7) is 2.32. The molecule has 1 aromatic heterocycles. The van der Waals surface area contributed by atoms with Crippen LogP contribution < -0.4 is 15.4 Å². The van der Waals surface area contributed by atoms with Crippen molar-refractivity contribution in [3.8, 4) is 17.1 Å². The summed E-state index contributed by atoms with van der Waals surface area (Å²) in [5, 5.41) is 5.91. The maximum atomic E-state index is 14.0. The van der Waals surface area contributed by atoms with Gasteiger partial charge in [-0.25, -0.2) is 18.6 Å². The minimum absolute atomic E-state index is 0.213. The zero-order chi connectivity index (χ0) is 24.8. The molecular formula is C26H28F2N4O3. The van der Waals surface area contributed by atoms with Gasteiger partial charge in [-0.15, -0.1) is 0 Å². The molecule has 4 rings (SSSR count). The van der Waals surface area contributed by atoms with Crippen molar-refractivity contribution in [2.45, 2.75) is 12.0 Å². The molecular weight excluding hydrogens is 454 g/mol. The van der Waals surface area contributed by atoms with Crippen LogP contribution in [0, 0.1) is 11.6 Å². The number of nitrogens with one attached hydrogen (secondary N) is 2. The molecule has 35 heavy (non-hydrogen) atoms. The minimum Gasteiger partial charge on any atom is -0.481 e. The van der Waals surface area contributed by atoms with Gasteiger partial charge in [-0.3, -0.25) is 4.90 Å². The van der Waals surface area contributed by atoms with Gasteiger partial charge >= 0.3 is 6.03 Å². The molecule has 7 nitrogen and oxygen atoms in total. The van der Waals surface area contributed by atoms with Crippen molar-refractivity contribution < 1.29 is 23.0 Å². The van der Waals surface area contributed by atoms with Crippen LogP contribution >= 0.6 is 0 Å². The summed E-state index contributed by atoms with van der Waals surface area (Å²) >= 11 is 0. The van der Waals surface area contributed by atoms with Crippen LogP contribution in [0.5, 0.6) is 5.88 Å². The van der Waals surface area contributed by atoms with Crippen LogP contribution in [-0.4, -0.2) is 62.4 Å². The third-order valence-corrected chi connectivity index (χ3v) is 6.07. The van der Waals surface area contributed by atoms with Crippen molar-refractivity contribution in [2.24, 2.45) is 0 Å². The minimum atomic E-state index is -0.905. The van der Waals surface area contributed by atoms with Crippen molar-refractivity contribution in [1.82, 2.24) is 15.2 Å². The second-order valence-electron chi connectivity index (χ2n) is 8.35. The normalized spacial score (nSPS) is 17.8. The molecule has 1 aliphatic rings. The molecule has 0 saturated carbocycles. The van der Waals surface area contributed by atoms with Gasteiger partial charge in [0.25, 0.3) is 0 Å². The molecule has 2 heterocycles. The first-order valence-electron chi connectivity index (χ1n) is 11.3. The highest BCUT2D eigenvalue weighted by atomic mass is 19.2. The first kappa shape index (κ1) is 24.6. The van der Waals surface area contributed by atoms with Gasteiger partial charge in [-0.1, -0.05) is 36.4 Å². The van der Waals surface area contributed by atoms with E-state index in [1.807, 2.05) is 30.3 Å². The number of ether oxygens (including phenoxy) is 2. The number of carbonyl (C=O) groups excluding carboxylic acids is 1. The summed E-state index contributed by atoms with van der Waals surface area (Å²) in [7, 11) is 3.16. The molecule has 0 spiro atoms. The Bertz CT molecular complexity index is 1160. The molecule has 3 aromatic rings.